The number of carbonyl (C=O) groups is 2. The fourth-order valence-electron chi connectivity index (χ4n) is 3.67. The normalized spacial score (nSPS) is 18.7. The largest absolute Gasteiger partial charge is 0.366 e. The molecule has 1 unspecified atom stereocenters. The van der Waals surface area contributed by atoms with E-state index in [0.29, 0.717) is 23.8 Å². The second-order valence-electron chi connectivity index (χ2n) is 7.03. The van der Waals surface area contributed by atoms with Crippen molar-refractivity contribution in [1.29, 1.82) is 0 Å². The van der Waals surface area contributed by atoms with Crippen molar-refractivity contribution in [3.8, 4) is 5.69 Å². The van der Waals surface area contributed by atoms with E-state index in [4.69, 9.17) is 0 Å². The first-order valence-corrected chi connectivity index (χ1v) is 8.83. The van der Waals surface area contributed by atoms with Crippen LogP contribution in [0.5, 0.6) is 0 Å². The number of rotatable bonds is 1. The molecule has 0 saturated carbocycles. The van der Waals surface area contributed by atoms with Crippen molar-refractivity contribution < 1.29 is 14.0 Å². The third-order valence-corrected chi connectivity index (χ3v) is 5.20. The highest BCUT2D eigenvalue weighted by Gasteiger charge is 2.40. The summed E-state index contributed by atoms with van der Waals surface area (Å²) in [5.41, 5.74) is 1.69. The summed E-state index contributed by atoms with van der Waals surface area (Å²) in [5, 5.41) is 0. The number of imidazole rings is 1. The molecule has 0 aliphatic carbocycles. The molecular formula is C19H20FN5O2. The maximum atomic E-state index is 13.8. The summed E-state index contributed by atoms with van der Waals surface area (Å²) in [4.78, 5) is 37.7. The van der Waals surface area contributed by atoms with Gasteiger partial charge in [-0.25, -0.2) is 9.37 Å². The van der Waals surface area contributed by atoms with Crippen LogP contribution in [0.4, 0.5) is 4.39 Å². The molecule has 1 aromatic heterocycles. The number of fused-ring (bicyclic) bond motifs is 5. The topological polar surface area (TPSA) is 70.8 Å². The number of aromatic nitrogens is 2. The van der Waals surface area contributed by atoms with Gasteiger partial charge >= 0.3 is 0 Å². The fraction of sp³-hybridized carbons (Fsp3) is 0.368. The van der Waals surface area contributed by atoms with Crippen LogP contribution in [0.15, 0.2) is 29.5 Å². The van der Waals surface area contributed by atoms with E-state index < -0.39 is 11.7 Å². The second kappa shape index (κ2) is 6.29. The zero-order valence-corrected chi connectivity index (χ0v) is 15.4. The number of amides is 2. The van der Waals surface area contributed by atoms with Crippen LogP contribution in [0, 0.1) is 5.82 Å². The average molecular weight is 369 g/mol. The number of amidine groups is 1. The van der Waals surface area contributed by atoms with Gasteiger partial charge in [-0.05, 0) is 38.0 Å². The average Bonchev–Trinajstić information content (AvgIpc) is 3.25. The number of carbonyl (C=O) groups excluding carboxylic acids is 2. The first-order valence-electron chi connectivity index (χ1n) is 8.83. The summed E-state index contributed by atoms with van der Waals surface area (Å²) in [6, 6.07) is 3.84. The molecule has 1 saturated heterocycles. The van der Waals surface area contributed by atoms with Crippen LogP contribution < -0.4 is 0 Å². The van der Waals surface area contributed by atoms with Gasteiger partial charge in [0.1, 0.15) is 18.0 Å². The molecule has 1 atom stereocenters. The highest BCUT2D eigenvalue weighted by molar-refractivity contribution is 6.03. The number of hydrogen-bond donors (Lipinski definition) is 0. The third kappa shape index (κ3) is 2.72. The van der Waals surface area contributed by atoms with Crippen molar-refractivity contribution in [3.05, 3.63) is 47.3 Å². The monoisotopic (exact) mass is 369 g/mol. The van der Waals surface area contributed by atoms with Gasteiger partial charge in [0, 0.05) is 20.6 Å². The van der Waals surface area contributed by atoms with Gasteiger partial charge in [-0.15, -0.1) is 0 Å². The highest BCUT2D eigenvalue weighted by Crippen LogP contribution is 2.40. The molecule has 3 heterocycles. The summed E-state index contributed by atoms with van der Waals surface area (Å²) in [5.74, 6) is -0.567. The van der Waals surface area contributed by atoms with E-state index in [1.807, 2.05) is 14.1 Å². The predicted octanol–water partition coefficient (Wildman–Crippen LogP) is 2.42. The Balaban J connectivity index is 1.91. The molecule has 2 aromatic rings. The Bertz CT molecular complexity index is 978. The van der Waals surface area contributed by atoms with Crippen molar-refractivity contribution in [2.24, 2.45) is 4.99 Å². The molecule has 7 nitrogen and oxygen atoms in total. The molecule has 140 valence electrons. The maximum Gasteiger partial charge on any atom is 0.299 e. The van der Waals surface area contributed by atoms with E-state index in [1.54, 1.807) is 27.4 Å². The summed E-state index contributed by atoms with van der Waals surface area (Å²) < 4.78 is 15.5. The first-order chi connectivity index (χ1) is 12.9. The molecule has 1 fully saturated rings. The van der Waals surface area contributed by atoms with Crippen LogP contribution in [-0.4, -0.2) is 57.6 Å². The lowest BCUT2D eigenvalue weighted by atomic mass is 10.1. The van der Waals surface area contributed by atoms with Crippen LogP contribution in [0.2, 0.25) is 0 Å². The zero-order valence-electron chi connectivity index (χ0n) is 15.4. The van der Waals surface area contributed by atoms with Crippen molar-refractivity contribution in [1.82, 2.24) is 19.4 Å². The van der Waals surface area contributed by atoms with E-state index in [-0.39, 0.29) is 23.2 Å². The maximum absolute atomic E-state index is 13.8. The Morgan fingerprint density at radius 3 is 2.89 bits per heavy atom. The van der Waals surface area contributed by atoms with Gasteiger partial charge in [0.2, 0.25) is 0 Å². The first kappa shape index (κ1) is 17.4. The van der Waals surface area contributed by atoms with Gasteiger partial charge in [0.25, 0.3) is 11.8 Å². The van der Waals surface area contributed by atoms with Gasteiger partial charge in [-0.2, -0.15) is 4.99 Å². The third-order valence-electron chi connectivity index (χ3n) is 5.20. The van der Waals surface area contributed by atoms with Crippen LogP contribution in [-0.2, 0) is 0 Å². The van der Waals surface area contributed by atoms with Gasteiger partial charge in [0.15, 0.2) is 5.69 Å². The number of benzene rings is 1. The second-order valence-corrected chi connectivity index (χ2v) is 7.03. The molecular weight excluding hydrogens is 349 g/mol. The Hall–Kier alpha value is -3.03. The Morgan fingerprint density at radius 2 is 2.15 bits per heavy atom. The van der Waals surface area contributed by atoms with Crippen molar-refractivity contribution in [3.63, 3.8) is 0 Å². The quantitative estimate of drug-likeness (QED) is 0.572. The molecule has 1 aromatic carbocycles. The minimum absolute atomic E-state index is 0.220. The minimum Gasteiger partial charge on any atom is -0.366 e. The van der Waals surface area contributed by atoms with Crippen LogP contribution in [0.1, 0.15) is 52.3 Å². The van der Waals surface area contributed by atoms with E-state index in [9.17, 15) is 14.0 Å². The lowest BCUT2D eigenvalue weighted by Gasteiger charge is -2.22. The minimum atomic E-state index is -0.469. The van der Waals surface area contributed by atoms with Crippen molar-refractivity contribution in [2.45, 2.75) is 25.8 Å². The molecule has 2 aliphatic heterocycles. The summed E-state index contributed by atoms with van der Waals surface area (Å²) >= 11 is 0. The van der Waals surface area contributed by atoms with Gasteiger partial charge in [0.05, 0.1) is 23.0 Å². The van der Waals surface area contributed by atoms with Crippen LogP contribution in [0.25, 0.3) is 5.69 Å². The zero-order chi connectivity index (χ0) is 19.3. The number of nitrogens with zero attached hydrogens (tertiary/aromatic N) is 5. The SMILES string of the molecule is C/C(=N/C(=O)c1ncn2c1C1CCCN1C(=O)c1cc(F)ccc1-2)N(C)C. The summed E-state index contributed by atoms with van der Waals surface area (Å²) in [6.45, 7) is 2.31. The molecule has 0 radical (unpaired) electrons. The predicted molar refractivity (Wildman–Crippen MR) is 97.7 cm³/mol. The lowest BCUT2D eigenvalue weighted by Crippen LogP contribution is -2.30. The number of aliphatic imine (C=N–C) groups is 1. The molecule has 0 spiro atoms. The Kier molecular flexibility index (Phi) is 4.05. The van der Waals surface area contributed by atoms with Gasteiger partial charge in [-0.1, -0.05) is 0 Å². The van der Waals surface area contributed by atoms with Gasteiger partial charge in [-0.3, -0.25) is 14.2 Å². The van der Waals surface area contributed by atoms with Crippen LogP contribution in [0.3, 0.4) is 0 Å². The van der Waals surface area contributed by atoms with E-state index in [1.165, 1.54) is 18.5 Å². The highest BCUT2D eigenvalue weighted by atomic mass is 19.1. The fourth-order valence-corrected chi connectivity index (χ4v) is 3.67. The molecule has 4 rings (SSSR count). The molecule has 0 N–H and O–H groups in total. The molecule has 2 aliphatic rings. The number of hydrogen-bond acceptors (Lipinski definition) is 3. The number of halogens is 1. The Morgan fingerprint density at radius 1 is 1.37 bits per heavy atom. The van der Waals surface area contributed by atoms with E-state index in [2.05, 4.69) is 9.98 Å². The molecule has 27 heavy (non-hydrogen) atoms. The standard InChI is InChI=1S/C19H20FN5O2/c1-11(23(2)3)22-18(26)16-17-15-5-4-8-24(15)19(27)13-9-12(20)6-7-14(13)25(17)10-21-16/h6-7,9-10,15H,4-5,8H2,1-3H3/b22-11-. The molecule has 2 amide bonds. The van der Waals surface area contributed by atoms with Crippen LogP contribution >= 0.6 is 0 Å². The van der Waals surface area contributed by atoms with E-state index in [0.717, 1.165) is 12.8 Å². The Labute approximate surface area is 156 Å². The lowest BCUT2D eigenvalue weighted by molar-refractivity contribution is 0.0735. The smallest absolute Gasteiger partial charge is 0.299 e. The molecule has 8 heteroatoms. The summed E-state index contributed by atoms with van der Waals surface area (Å²) in [7, 11) is 3.61. The van der Waals surface area contributed by atoms with Gasteiger partial charge < -0.3 is 9.80 Å². The van der Waals surface area contributed by atoms with E-state index >= 15 is 0 Å². The molecule has 0 bridgehead atoms. The van der Waals surface area contributed by atoms with Crippen molar-refractivity contribution in [2.75, 3.05) is 20.6 Å². The summed E-state index contributed by atoms with van der Waals surface area (Å²) in [6.07, 6.45) is 3.07. The van der Waals surface area contributed by atoms with Crippen molar-refractivity contribution >= 4 is 17.6 Å².